The molecule has 1 heterocycles. The number of rotatable bonds is 4. The molecule has 0 spiro atoms. The maximum Gasteiger partial charge on any atom is 0.306 e. The van der Waals surface area contributed by atoms with E-state index in [-0.39, 0.29) is 16.9 Å². The molecule has 0 saturated carbocycles. The molecular formula is C11H10N4O3S. The van der Waals surface area contributed by atoms with Gasteiger partial charge in [-0.25, -0.2) is 0 Å². The second-order valence-electron chi connectivity index (χ2n) is 3.57. The number of hydrogen-bond donors (Lipinski definition) is 3. The predicted molar refractivity (Wildman–Crippen MR) is 73.2 cm³/mol. The number of nitro benzene ring substituents is 1. The van der Waals surface area contributed by atoms with Crippen molar-refractivity contribution in [2.75, 3.05) is 10.7 Å². The van der Waals surface area contributed by atoms with Gasteiger partial charge in [0.1, 0.15) is 11.3 Å². The fourth-order valence-corrected chi connectivity index (χ4v) is 2.16. The molecule has 7 nitrogen and oxygen atoms in total. The van der Waals surface area contributed by atoms with Crippen molar-refractivity contribution in [2.24, 2.45) is 5.84 Å². The van der Waals surface area contributed by atoms with Crippen LogP contribution in [0.1, 0.15) is 10.4 Å². The number of nitrogens with zero attached hydrogens (tertiary/aromatic N) is 1. The molecule has 19 heavy (non-hydrogen) atoms. The molecule has 4 N–H and O–H groups in total. The van der Waals surface area contributed by atoms with Crippen molar-refractivity contribution >= 4 is 34.3 Å². The summed E-state index contributed by atoms with van der Waals surface area (Å²) in [6.45, 7) is 0. The van der Waals surface area contributed by atoms with Gasteiger partial charge >= 0.3 is 5.69 Å². The predicted octanol–water partition coefficient (Wildman–Crippen LogP) is 2.19. The molecule has 98 valence electrons. The fourth-order valence-electron chi connectivity index (χ4n) is 1.57. The molecule has 0 atom stereocenters. The molecule has 2 rings (SSSR count). The Morgan fingerprint density at radius 3 is 2.74 bits per heavy atom. The molecular weight excluding hydrogens is 268 g/mol. The van der Waals surface area contributed by atoms with Crippen LogP contribution in [0.3, 0.4) is 0 Å². The van der Waals surface area contributed by atoms with Crippen molar-refractivity contribution in [1.82, 2.24) is 0 Å². The molecule has 0 bridgehead atoms. The van der Waals surface area contributed by atoms with Gasteiger partial charge in [-0.1, -0.05) is 6.07 Å². The number of nitrogens with one attached hydrogen (secondary N) is 2. The van der Waals surface area contributed by atoms with E-state index < -0.39 is 10.8 Å². The third-order valence-electron chi connectivity index (χ3n) is 2.40. The average Bonchev–Trinajstić information content (AvgIpc) is 2.90. The Labute approximate surface area is 112 Å². The van der Waals surface area contributed by atoms with Crippen molar-refractivity contribution in [3.05, 3.63) is 50.7 Å². The van der Waals surface area contributed by atoms with E-state index in [2.05, 4.69) is 10.7 Å². The van der Waals surface area contributed by atoms with Crippen molar-refractivity contribution in [2.45, 2.75) is 0 Å². The summed E-state index contributed by atoms with van der Waals surface area (Å²) in [4.78, 5) is 22.4. The first-order chi connectivity index (χ1) is 9.13. The van der Waals surface area contributed by atoms with Gasteiger partial charge in [0.25, 0.3) is 5.91 Å². The number of anilines is 2. The number of carbonyl (C=O) groups excluding carboxylic acids is 1. The minimum absolute atomic E-state index is 0.0494. The third kappa shape index (κ3) is 2.69. The molecule has 1 amide bonds. The van der Waals surface area contributed by atoms with Crippen LogP contribution in [0.4, 0.5) is 17.1 Å². The Kier molecular flexibility index (Phi) is 3.74. The minimum atomic E-state index is -0.641. The van der Waals surface area contributed by atoms with Gasteiger partial charge in [0.2, 0.25) is 0 Å². The Balaban J connectivity index is 2.38. The van der Waals surface area contributed by atoms with E-state index in [1.165, 1.54) is 29.5 Å². The minimum Gasteiger partial charge on any atom is -0.321 e. The van der Waals surface area contributed by atoms with E-state index in [0.29, 0.717) is 5.69 Å². The quantitative estimate of drug-likeness (QED) is 0.451. The largest absolute Gasteiger partial charge is 0.321 e. The highest BCUT2D eigenvalue weighted by atomic mass is 32.1. The van der Waals surface area contributed by atoms with E-state index in [1.807, 2.05) is 0 Å². The van der Waals surface area contributed by atoms with Gasteiger partial charge in [0.05, 0.1) is 10.6 Å². The van der Waals surface area contributed by atoms with Gasteiger partial charge in [-0.15, -0.1) is 0 Å². The average molecular weight is 278 g/mol. The number of nitro groups is 1. The van der Waals surface area contributed by atoms with Crippen LogP contribution < -0.4 is 16.6 Å². The molecule has 0 unspecified atom stereocenters. The maximum absolute atomic E-state index is 12.0. The Hall–Kier alpha value is -2.45. The third-order valence-corrected chi connectivity index (χ3v) is 3.08. The number of carbonyl (C=O) groups is 1. The van der Waals surface area contributed by atoms with Crippen LogP contribution in [-0.4, -0.2) is 10.8 Å². The number of amides is 1. The molecule has 8 heteroatoms. The number of benzene rings is 1. The Morgan fingerprint density at radius 2 is 2.16 bits per heavy atom. The van der Waals surface area contributed by atoms with E-state index in [4.69, 9.17) is 5.84 Å². The zero-order valence-electron chi connectivity index (χ0n) is 9.62. The van der Waals surface area contributed by atoms with Crippen LogP contribution in [0.25, 0.3) is 0 Å². The molecule has 0 aliphatic heterocycles. The van der Waals surface area contributed by atoms with Crippen LogP contribution >= 0.6 is 11.3 Å². The van der Waals surface area contributed by atoms with Gasteiger partial charge in [-0.05, 0) is 23.6 Å². The smallest absolute Gasteiger partial charge is 0.306 e. The van der Waals surface area contributed by atoms with Crippen LogP contribution in [0, 0.1) is 10.1 Å². The van der Waals surface area contributed by atoms with Crippen LogP contribution in [0.5, 0.6) is 0 Å². The summed E-state index contributed by atoms with van der Waals surface area (Å²) in [5, 5.41) is 17.1. The Bertz CT molecular complexity index is 612. The van der Waals surface area contributed by atoms with Crippen LogP contribution in [-0.2, 0) is 0 Å². The summed E-state index contributed by atoms with van der Waals surface area (Å²) >= 11 is 1.41. The molecule has 2 aromatic rings. The summed E-state index contributed by atoms with van der Waals surface area (Å²) < 4.78 is 0. The molecule has 1 aromatic carbocycles. The number of hydrogen-bond acceptors (Lipinski definition) is 6. The molecule has 0 radical (unpaired) electrons. The summed E-state index contributed by atoms with van der Waals surface area (Å²) in [5.74, 6) is 4.66. The van der Waals surface area contributed by atoms with Gasteiger partial charge in [-0.3, -0.25) is 20.8 Å². The number of hydrazine groups is 1. The van der Waals surface area contributed by atoms with Gasteiger partial charge < -0.3 is 10.7 Å². The summed E-state index contributed by atoms with van der Waals surface area (Å²) in [5.41, 5.74) is 2.49. The summed E-state index contributed by atoms with van der Waals surface area (Å²) in [6.07, 6.45) is 0. The van der Waals surface area contributed by atoms with Gasteiger partial charge in [0.15, 0.2) is 0 Å². The highest BCUT2D eigenvalue weighted by molar-refractivity contribution is 7.08. The zero-order valence-corrected chi connectivity index (χ0v) is 10.4. The summed E-state index contributed by atoms with van der Waals surface area (Å²) in [6, 6.07) is 6.03. The lowest BCUT2D eigenvalue weighted by Gasteiger charge is -2.07. The highest BCUT2D eigenvalue weighted by Crippen LogP contribution is 2.28. The molecule has 0 aliphatic rings. The van der Waals surface area contributed by atoms with Crippen molar-refractivity contribution < 1.29 is 9.72 Å². The molecule has 0 fully saturated rings. The topological polar surface area (TPSA) is 110 Å². The standard InChI is InChI=1S/C11H10N4O3S/c12-14-9-3-1-2-8(10(9)15(17)18)11(16)13-7-4-5-19-6-7/h1-6,14H,12H2,(H,13,16). The normalized spacial score (nSPS) is 9.95. The second-order valence-corrected chi connectivity index (χ2v) is 4.35. The first-order valence-corrected chi connectivity index (χ1v) is 6.15. The van der Waals surface area contributed by atoms with Crippen LogP contribution in [0.15, 0.2) is 35.0 Å². The maximum atomic E-state index is 12.0. The first-order valence-electron chi connectivity index (χ1n) is 5.21. The number of nitrogens with two attached hydrogens (primary N) is 1. The van der Waals surface area contributed by atoms with Gasteiger partial charge in [-0.2, -0.15) is 11.3 Å². The SMILES string of the molecule is NNc1cccc(C(=O)Nc2ccsc2)c1[N+](=O)[O-]. The van der Waals surface area contributed by atoms with E-state index in [9.17, 15) is 14.9 Å². The zero-order chi connectivity index (χ0) is 13.8. The van der Waals surface area contributed by atoms with E-state index in [1.54, 1.807) is 16.8 Å². The highest BCUT2D eigenvalue weighted by Gasteiger charge is 2.24. The molecule has 0 aliphatic carbocycles. The Morgan fingerprint density at radius 1 is 1.37 bits per heavy atom. The number of para-hydroxylation sites is 1. The lowest BCUT2D eigenvalue weighted by molar-refractivity contribution is -0.384. The molecule has 1 aromatic heterocycles. The van der Waals surface area contributed by atoms with E-state index >= 15 is 0 Å². The van der Waals surface area contributed by atoms with Gasteiger partial charge in [0, 0.05) is 5.38 Å². The lowest BCUT2D eigenvalue weighted by Crippen LogP contribution is -2.16. The number of nitrogen functional groups attached to an aromatic ring is 1. The van der Waals surface area contributed by atoms with Crippen molar-refractivity contribution in [3.63, 3.8) is 0 Å². The number of thiophene rings is 1. The van der Waals surface area contributed by atoms with E-state index in [0.717, 1.165) is 0 Å². The van der Waals surface area contributed by atoms with Crippen molar-refractivity contribution in [1.29, 1.82) is 0 Å². The first kappa shape index (κ1) is 13.0. The second kappa shape index (κ2) is 5.46. The fraction of sp³-hybridized carbons (Fsp3) is 0. The van der Waals surface area contributed by atoms with Crippen molar-refractivity contribution in [3.8, 4) is 0 Å². The lowest BCUT2D eigenvalue weighted by atomic mass is 10.1. The summed E-state index contributed by atoms with van der Waals surface area (Å²) in [7, 11) is 0. The molecule has 0 saturated heterocycles. The monoisotopic (exact) mass is 278 g/mol. The van der Waals surface area contributed by atoms with Crippen LogP contribution in [0.2, 0.25) is 0 Å².